The molecule has 0 radical (unpaired) electrons. The van der Waals surface area contributed by atoms with Gasteiger partial charge in [0.2, 0.25) is 0 Å². The molecule has 2 rings (SSSR count). The minimum Gasteiger partial charge on any atom is -0.391 e. The molecule has 0 saturated carbocycles. The monoisotopic (exact) mass is 304 g/mol. The van der Waals surface area contributed by atoms with Crippen molar-refractivity contribution in [2.75, 3.05) is 0 Å². The number of hydrogen-bond donors (Lipinski definition) is 0. The molecule has 0 N–H and O–H groups in total. The molecule has 0 aliphatic rings. The van der Waals surface area contributed by atoms with Crippen molar-refractivity contribution in [2.24, 2.45) is 0 Å². The van der Waals surface area contributed by atoms with Gasteiger partial charge in [0.1, 0.15) is 0 Å². The molecule has 0 saturated heterocycles. The van der Waals surface area contributed by atoms with Gasteiger partial charge >= 0.3 is 5.82 Å². The Morgan fingerprint density at radius 2 is 1.45 bits per heavy atom. The third-order valence-corrected chi connectivity index (χ3v) is 4.24. The first-order valence-corrected chi connectivity index (χ1v) is 8.83. The van der Waals surface area contributed by atoms with E-state index in [4.69, 9.17) is 8.83 Å². The van der Waals surface area contributed by atoms with Gasteiger partial charge in [-0.05, 0) is 24.5 Å². The molecular formula is C19H28O3. The standard InChI is InChI=1S/C19H28O3/c1-2-3-4-5-6-7-8-9-10-11-13-16-14-12-15-17-18(16)22-19(20)21-17/h12,14-15H,2-11,13H2,1H3. The molecule has 3 nitrogen and oxygen atoms in total. The van der Waals surface area contributed by atoms with E-state index in [1.54, 1.807) is 6.07 Å². The van der Waals surface area contributed by atoms with Crippen LogP contribution < -0.4 is 5.82 Å². The quantitative estimate of drug-likeness (QED) is 0.489. The van der Waals surface area contributed by atoms with Crippen LogP contribution in [0.4, 0.5) is 0 Å². The second kappa shape index (κ2) is 9.50. The van der Waals surface area contributed by atoms with Crippen LogP contribution >= 0.6 is 0 Å². The lowest BCUT2D eigenvalue weighted by Gasteiger charge is -2.03. The third-order valence-electron chi connectivity index (χ3n) is 4.24. The van der Waals surface area contributed by atoms with E-state index >= 15 is 0 Å². The van der Waals surface area contributed by atoms with E-state index in [9.17, 15) is 4.79 Å². The van der Waals surface area contributed by atoms with Gasteiger partial charge in [-0.25, -0.2) is 4.79 Å². The first-order valence-electron chi connectivity index (χ1n) is 8.83. The highest BCUT2D eigenvalue weighted by Gasteiger charge is 2.08. The molecule has 0 atom stereocenters. The largest absolute Gasteiger partial charge is 0.519 e. The lowest BCUT2D eigenvalue weighted by molar-refractivity contribution is 0.408. The fourth-order valence-electron chi connectivity index (χ4n) is 2.95. The summed E-state index contributed by atoms with van der Waals surface area (Å²) in [5, 5.41) is 0. The van der Waals surface area contributed by atoms with E-state index in [-0.39, 0.29) is 0 Å². The number of benzene rings is 1. The second-order valence-corrected chi connectivity index (χ2v) is 6.13. The van der Waals surface area contributed by atoms with Crippen LogP contribution in [0.1, 0.15) is 76.7 Å². The molecule has 2 aromatic rings. The number of hydrogen-bond acceptors (Lipinski definition) is 3. The molecule has 1 heterocycles. The normalized spacial score (nSPS) is 11.3. The van der Waals surface area contributed by atoms with Crippen LogP contribution in [0.3, 0.4) is 0 Å². The van der Waals surface area contributed by atoms with Crippen molar-refractivity contribution < 1.29 is 8.83 Å². The molecule has 0 fully saturated rings. The predicted molar refractivity (Wildman–Crippen MR) is 90.3 cm³/mol. The zero-order chi connectivity index (χ0) is 15.6. The van der Waals surface area contributed by atoms with Crippen LogP contribution in [0.5, 0.6) is 0 Å². The summed E-state index contributed by atoms with van der Waals surface area (Å²) in [7, 11) is 0. The average Bonchev–Trinajstić information content (AvgIpc) is 2.90. The van der Waals surface area contributed by atoms with Gasteiger partial charge in [0.05, 0.1) is 0 Å². The second-order valence-electron chi connectivity index (χ2n) is 6.13. The maximum Gasteiger partial charge on any atom is 0.519 e. The summed E-state index contributed by atoms with van der Waals surface area (Å²) < 4.78 is 10.1. The Kier molecular flexibility index (Phi) is 7.27. The molecular weight excluding hydrogens is 276 g/mol. The van der Waals surface area contributed by atoms with E-state index in [0.29, 0.717) is 11.2 Å². The van der Waals surface area contributed by atoms with Gasteiger partial charge in [-0.2, -0.15) is 0 Å². The van der Waals surface area contributed by atoms with Crippen molar-refractivity contribution >= 4 is 11.2 Å². The summed E-state index contributed by atoms with van der Waals surface area (Å²) in [6.45, 7) is 2.26. The molecule has 0 aliphatic carbocycles. The van der Waals surface area contributed by atoms with Crippen molar-refractivity contribution in [2.45, 2.75) is 77.6 Å². The summed E-state index contributed by atoms with van der Waals surface area (Å²) in [4.78, 5) is 11.2. The van der Waals surface area contributed by atoms with Crippen LogP contribution in [0.2, 0.25) is 0 Å². The Labute approximate surface area is 132 Å². The minimum absolute atomic E-state index is 0.564. The summed E-state index contributed by atoms with van der Waals surface area (Å²) in [5.74, 6) is -0.606. The van der Waals surface area contributed by atoms with Crippen molar-refractivity contribution in [1.82, 2.24) is 0 Å². The average molecular weight is 304 g/mol. The van der Waals surface area contributed by atoms with Gasteiger partial charge < -0.3 is 8.83 Å². The Balaban J connectivity index is 1.59. The van der Waals surface area contributed by atoms with Crippen LogP contribution in [0.15, 0.2) is 31.8 Å². The highest BCUT2D eigenvalue weighted by atomic mass is 16.6. The van der Waals surface area contributed by atoms with Crippen molar-refractivity contribution in [1.29, 1.82) is 0 Å². The first-order chi connectivity index (χ1) is 10.8. The number of unbranched alkanes of at least 4 members (excludes halogenated alkanes) is 9. The number of para-hydroxylation sites is 1. The minimum atomic E-state index is -0.606. The van der Waals surface area contributed by atoms with Gasteiger partial charge in [0, 0.05) is 0 Å². The zero-order valence-corrected chi connectivity index (χ0v) is 13.7. The number of aryl methyl sites for hydroxylation is 1. The van der Waals surface area contributed by atoms with Crippen LogP contribution in [-0.2, 0) is 6.42 Å². The molecule has 0 spiro atoms. The number of fused-ring (bicyclic) bond motifs is 1. The topological polar surface area (TPSA) is 43.4 Å². The maximum absolute atomic E-state index is 11.2. The van der Waals surface area contributed by atoms with E-state index < -0.39 is 5.82 Å². The molecule has 0 amide bonds. The van der Waals surface area contributed by atoms with Gasteiger partial charge in [-0.3, -0.25) is 0 Å². The van der Waals surface area contributed by atoms with E-state index in [1.165, 1.54) is 57.8 Å². The lowest BCUT2D eigenvalue weighted by atomic mass is 10.0. The molecule has 122 valence electrons. The molecule has 0 aliphatic heterocycles. The predicted octanol–water partition coefficient (Wildman–Crippen LogP) is 5.85. The third kappa shape index (κ3) is 5.36. The van der Waals surface area contributed by atoms with Gasteiger partial charge in [-0.1, -0.05) is 76.8 Å². The van der Waals surface area contributed by atoms with Crippen LogP contribution in [-0.4, -0.2) is 0 Å². The van der Waals surface area contributed by atoms with Gasteiger partial charge in [0.15, 0.2) is 11.2 Å². The molecule has 22 heavy (non-hydrogen) atoms. The van der Waals surface area contributed by atoms with E-state index in [1.807, 2.05) is 12.1 Å². The molecule has 0 bridgehead atoms. The number of rotatable bonds is 11. The fourth-order valence-corrected chi connectivity index (χ4v) is 2.95. The molecule has 0 unspecified atom stereocenters. The molecule has 1 aromatic carbocycles. The zero-order valence-electron chi connectivity index (χ0n) is 13.7. The molecule has 1 aromatic heterocycles. The first kappa shape index (κ1) is 16.9. The molecule has 3 heteroatoms. The Morgan fingerprint density at radius 1 is 0.818 bits per heavy atom. The fraction of sp³-hybridized carbons (Fsp3) is 0.632. The van der Waals surface area contributed by atoms with Gasteiger partial charge in [0.25, 0.3) is 0 Å². The highest BCUT2D eigenvalue weighted by Crippen LogP contribution is 2.20. The summed E-state index contributed by atoms with van der Waals surface area (Å²) in [6.07, 6.45) is 14.3. The van der Waals surface area contributed by atoms with Crippen LogP contribution in [0.25, 0.3) is 11.2 Å². The van der Waals surface area contributed by atoms with Gasteiger partial charge in [-0.15, -0.1) is 0 Å². The Morgan fingerprint density at radius 3 is 2.14 bits per heavy atom. The summed E-state index contributed by atoms with van der Waals surface area (Å²) in [6, 6.07) is 5.73. The lowest BCUT2D eigenvalue weighted by Crippen LogP contribution is -1.88. The van der Waals surface area contributed by atoms with Crippen molar-refractivity contribution in [3.8, 4) is 0 Å². The SMILES string of the molecule is CCCCCCCCCCCCc1cccc2oc(=O)oc12. The Hall–Kier alpha value is -1.51. The Bertz CT molecular complexity index is 594. The summed E-state index contributed by atoms with van der Waals surface area (Å²) in [5.41, 5.74) is 2.28. The van der Waals surface area contributed by atoms with Crippen molar-refractivity contribution in [3.63, 3.8) is 0 Å². The highest BCUT2D eigenvalue weighted by molar-refractivity contribution is 5.73. The van der Waals surface area contributed by atoms with E-state index in [0.717, 1.165) is 18.4 Å². The summed E-state index contributed by atoms with van der Waals surface area (Å²) >= 11 is 0. The van der Waals surface area contributed by atoms with E-state index in [2.05, 4.69) is 6.92 Å². The van der Waals surface area contributed by atoms with Crippen LogP contribution in [0, 0.1) is 0 Å². The van der Waals surface area contributed by atoms with Crippen molar-refractivity contribution in [3.05, 3.63) is 34.4 Å². The smallest absolute Gasteiger partial charge is 0.391 e. The maximum atomic E-state index is 11.2.